The third-order valence-corrected chi connectivity index (χ3v) is 3.38. The summed E-state index contributed by atoms with van der Waals surface area (Å²) in [6, 6.07) is 0. The van der Waals surface area contributed by atoms with Crippen LogP contribution in [0.2, 0.25) is 0 Å². The normalized spacial score (nSPS) is 23.2. The number of carbonyl (C=O) groups is 2. The highest BCUT2D eigenvalue weighted by Gasteiger charge is 2.36. The van der Waals surface area contributed by atoms with Gasteiger partial charge in [-0.1, -0.05) is 36.8 Å². The predicted molar refractivity (Wildman–Crippen MR) is 80.4 cm³/mol. The van der Waals surface area contributed by atoms with Crippen molar-refractivity contribution in [3.05, 3.63) is 23.3 Å². The molecule has 0 bridgehead atoms. The van der Waals surface area contributed by atoms with Gasteiger partial charge in [-0.15, -0.1) is 0 Å². The SMILES string of the molecule is CC/C=C/CC1C(=O)C(Cl)=CC1CC(=O)OC(C)(C)C. The van der Waals surface area contributed by atoms with E-state index < -0.39 is 5.60 Å². The van der Waals surface area contributed by atoms with Crippen LogP contribution in [0, 0.1) is 11.8 Å². The summed E-state index contributed by atoms with van der Waals surface area (Å²) in [7, 11) is 0. The van der Waals surface area contributed by atoms with Crippen LogP contribution in [0.15, 0.2) is 23.3 Å². The number of carbonyl (C=O) groups excluding carboxylic acids is 2. The van der Waals surface area contributed by atoms with Crippen LogP contribution in [0.4, 0.5) is 0 Å². The average molecular weight is 299 g/mol. The third-order valence-electron chi connectivity index (χ3n) is 3.06. The van der Waals surface area contributed by atoms with Crippen LogP contribution in [0.5, 0.6) is 0 Å². The van der Waals surface area contributed by atoms with Gasteiger partial charge in [-0.2, -0.15) is 0 Å². The highest BCUT2D eigenvalue weighted by molar-refractivity contribution is 6.43. The van der Waals surface area contributed by atoms with Crippen LogP contribution in [-0.2, 0) is 14.3 Å². The van der Waals surface area contributed by atoms with E-state index in [0.717, 1.165) is 6.42 Å². The molecule has 0 radical (unpaired) electrons. The van der Waals surface area contributed by atoms with E-state index in [1.54, 1.807) is 6.08 Å². The van der Waals surface area contributed by atoms with Gasteiger partial charge in [0.2, 0.25) is 0 Å². The maximum atomic E-state index is 12.0. The van der Waals surface area contributed by atoms with Crippen molar-refractivity contribution in [1.29, 1.82) is 0 Å². The number of Topliss-reactive ketones (excluding diaryl/α,β-unsaturated/α-hetero) is 1. The molecule has 0 aliphatic heterocycles. The third kappa shape index (κ3) is 5.12. The molecule has 0 fully saturated rings. The summed E-state index contributed by atoms with van der Waals surface area (Å²) in [4.78, 5) is 23.9. The zero-order chi connectivity index (χ0) is 15.3. The summed E-state index contributed by atoms with van der Waals surface area (Å²) in [6.45, 7) is 7.52. The molecule has 1 aliphatic rings. The van der Waals surface area contributed by atoms with Crippen molar-refractivity contribution < 1.29 is 14.3 Å². The molecule has 20 heavy (non-hydrogen) atoms. The Balaban J connectivity index is 2.68. The minimum absolute atomic E-state index is 0.0685. The summed E-state index contributed by atoms with van der Waals surface area (Å²) in [5.41, 5.74) is -0.509. The van der Waals surface area contributed by atoms with Crippen molar-refractivity contribution in [3.8, 4) is 0 Å². The second-order valence-electron chi connectivity index (χ2n) is 6.06. The zero-order valence-corrected chi connectivity index (χ0v) is 13.4. The Morgan fingerprint density at radius 1 is 1.40 bits per heavy atom. The summed E-state index contributed by atoms with van der Waals surface area (Å²) in [5.74, 6) is -0.757. The van der Waals surface area contributed by atoms with Gasteiger partial charge in [0.25, 0.3) is 0 Å². The first kappa shape index (κ1) is 17.0. The lowest BCUT2D eigenvalue weighted by molar-refractivity contribution is -0.155. The van der Waals surface area contributed by atoms with E-state index in [1.165, 1.54) is 0 Å². The molecule has 0 spiro atoms. The minimum Gasteiger partial charge on any atom is -0.460 e. The van der Waals surface area contributed by atoms with Crippen molar-refractivity contribution in [2.24, 2.45) is 11.8 Å². The molecule has 0 saturated heterocycles. The number of esters is 1. The number of hydrogen-bond acceptors (Lipinski definition) is 3. The van der Waals surface area contributed by atoms with Gasteiger partial charge >= 0.3 is 5.97 Å². The van der Waals surface area contributed by atoms with E-state index in [-0.39, 0.29) is 35.0 Å². The lowest BCUT2D eigenvalue weighted by Crippen LogP contribution is -2.26. The largest absolute Gasteiger partial charge is 0.460 e. The Morgan fingerprint density at radius 3 is 2.60 bits per heavy atom. The van der Waals surface area contributed by atoms with E-state index in [9.17, 15) is 9.59 Å². The molecule has 2 unspecified atom stereocenters. The topological polar surface area (TPSA) is 43.4 Å². The van der Waals surface area contributed by atoms with Crippen molar-refractivity contribution in [3.63, 3.8) is 0 Å². The van der Waals surface area contributed by atoms with E-state index in [4.69, 9.17) is 16.3 Å². The summed E-state index contributed by atoms with van der Waals surface area (Å²) >= 11 is 5.92. The molecule has 1 rings (SSSR count). The summed E-state index contributed by atoms with van der Waals surface area (Å²) < 4.78 is 5.30. The van der Waals surface area contributed by atoms with Gasteiger partial charge in [-0.3, -0.25) is 9.59 Å². The first-order chi connectivity index (χ1) is 9.24. The molecule has 2 atom stereocenters. The van der Waals surface area contributed by atoms with Crippen LogP contribution in [0.1, 0.15) is 47.0 Å². The van der Waals surface area contributed by atoms with Crippen LogP contribution in [-0.4, -0.2) is 17.4 Å². The fourth-order valence-electron chi connectivity index (χ4n) is 2.23. The van der Waals surface area contributed by atoms with Gasteiger partial charge in [-0.25, -0.2) is 0 Å². The lowest BCUT2D eigenvalue weighted by atomic mass is 9.89. The molecule has 0 N–H and O–H groups in total. The molecule has 0 aromatic heterocycles. The molecule has 1 aliphatic carbocycles. The lowest BCUT2D eigenvalue weighted by Gasteiger charge is -2.22. The predicted octanol–water partition coefficient (Wildman–Crippen LogP) is 4.01. The number of rotatable bonds is 5. The zero-order valence-electron chi connectivity index (χ0n) is 12.6. The number of hydrogen-bond donors (Lipinski definition) is 0. The first-order valence-corrected chi connectivity index (χ1v) is 7.40. The van der Waals surface area contributed by atoms with Crippen molar-refractivity contribution in [2.45, 2.75) is 52.6 Å². The second-order valence-corrected chi connectivity index (χ2v) is 6.46. The molecule has 0 aromatic carbocycles. The smallest absolute Gasteiger partial charge is 0.306 e. The van der Waals surface area contributed by atoms with E-state index in [2.05, 4.69) is 0 Å². The summed E-state index contributed by atoms with van der Waals surface area (Å²) in [6.07, 6.45) is 7.44. The van der Waals surface area contributed by atoms with Crippen molar-refractivity contribution >= 4 is 23.4 Å². The molecule has 0 heterocycles. The van der Waals surface area contributed by atoms with Gasteiger partial charge in [-0.05, 0) is 39.5 Å². The first-order valence-electron chi connectivity index (χ1n) is 7.03. The maximum absolute atomic E-state index is 12.0. The van der Waals surface area contributed by atoms with Crippen molar-refractivity contribution in [1.82, 2.24) is 0 Å². The highest BCUT2D eigenvalue weighted by atomic mass is 35.5. The maximum Gasteiger partial charge on any atom is 0.306 e. The van der Waals surface area contributed by atoms with Gasteiger partial charge in [0.15, 0.2) is 5.78 Å². The Morgan fingerprint density at radius 2 is 2.05 bits per heavy atom. The van der Waals surface area contributed by atoms with Gasteiger partial charge in [0.1, 0.15) is 5.60 Å². The Hall–Kier alpha value is -1.09. The van der Waals surface area contributed by atoms with E-state index >= 15 is 0 Å². The quantitative estimate of drug-likeness (QED) is 0.569. The fourth-order valence-corrected chi connectivity index (χ4v) is 2.53. The van der Waals surface area contributed by atoms with Gasteiger partial charge in [0, 0.05) is 5.92 Å². The second kappa shape index (κ2) is 7.07. The van der Waals surface area contributed by atoms with Crippen molar-refractivity contribution in [2.75, 3.05) is 0 Å². The minimum atomic E-state index is -0.509. The Labute approximate surface area is 126 Å². The molecular weight excluding hydrogens is 276 g/mol. The molecule has 0 amide bonds. The van der Waals surface area contributed by atoms with Crippen LogP contribution in [0.25, 0.3) is 0 Å². The molecule has 112 valence electrons. The van der Waals surface area contributed by atoms with Gasteiger partial charge in [0.05, 0.1) is 11.5 Å². The molecule has 0 saturated carbocycles. The summed E-state index contributed by atoms with van der Waals surface area (Å²) in [5, 5.41) is 0.244. The molecule has 0 aromatic rings. The standard InChI is InChI=1S/C16H23ClO3/c1-5-6-7-8-12-11(9-13(17)15(12)19)10-14(18)20-16(2,3)4/h6-7,9,11-12H,5,8,10H2,1-4H3/b7-6+. The monoisotopic (exact) mass is 298 g/mol. The Bertz CT molecular complexity index is 429. The highest BCUT2D eigenvalue weighted by Crippen LogP contribution is 2.35. The van der Waals surface area contributed by atoms with E-state index in [1.807, 2.05) is 39.8 Å². The number of halogens is 1. The molecule has 3 nitrogen and oxygen atoms in total. The van der Waals surface area contributed by atoms with Gasteiger partial charge < -0.3 is 4.74 Å². The van der Waals surface area contributed by atoms with Crippen LogP contribution >= 0.6 is 11.6 Å². The number of allylic oxidation sites excluding steroid dienone is 4. The molecular formula is C16H23ClO3. The van der Waals surface area contributed by atoms with Crippen LogP contribution in [0.3, 0.4) is 0 Å². The Kier molecular flexibility index (Phi) is 6.00. The fraction of sp³-hybridized carbons (Fsp3) is 0.625. The average Bonchev–Trinajstić information content (AvgIpc) is 2.54. The number of ketones is 1. The van der Waals surface area contributed by atoms with Crippen LogP contribution < -0.4 is 0 Å². The number of ether oxygens (including phenoxy) is 1. The molecule has 4 heteroatoms. The van der Waals surface area contributed by atoms with E-state index in [0.29, 0.717) is 6.42 Å².